The molecule has 6 nitrogen and oxygen atoms in total. The molecule has 0 radical (unpaired) electrons. The summed E-state index contributed by atoms with van der Waals surface area (Å²) in [7, 11) is 1.53. The molecule has 2 heterocycles. The number of carbonyl (C=O) groups excluding carboxylic acids is 1. The third-order valence-corrected chi connectivity index (χ3v) is 3.39. The second-order valence-corrected chi connectivity index (χ2v) is 4.89. The first-order valence-corrected chi connectivity index (χ1v) is 6.96. The van der Waals surface area contributed by atoms with E-state index in [-0.39, 0.29) is 5.56 Å². The molecule has 0 aliphatic carbocycles. The minimum atomic E-state index is -0.682. The van der Waals surface area contributed by atoms with Crippen molar-refractivity contribution in [2.45, 2.75) is 6.54 Å². The molecule has 3 aromatic rings. The minimum Gasteiger partial charge on any atom is -0.497 e. The largest absolute Gasteiger partial charge is 0.497 e. The molecule has 0 unspecified atom stereocenters. The van der Waals surface area contributed by atoms with Crippen LogP contribution in [-0.2, 0) is 6.54 Å². The molecule has 2 aromatic heterocycles. The molecule has 0 aliphatic rings. The quantitative estimate of drug-likeness (QED) is 0.747. The first-order chi connectivity index (χ1) is 11.2. The number of aromatic nitrogens is 1. The second-order valence-electron chi connectivity index (χ2n) is 4.89. The molecule has 3 rings (SSSR count). The summed E-state index contributed by atoms with van der Waals surface area (Å²) in [6.45, 7) is 0.307. The number of fused-ring (bicyclic) bond motifs is 1. The van der Waals surface area contributed by atoms with Crippen molar-refractivity contribution in [2.24, 2.45) is 0 Å². The molecule has 1 N–H and O–H groups in total. The minimum absolute atomic E-state index is 0.0308. The van der Waals surface area contributed by atoms with Crippen LogP contribution in [0, 0.1) is 0 Å². The normalized spacial score (nSPS) is 10.5. The van der Waals surface area contributed by atoms with Gasteiger partial charge in [-0.2, -0.15) is 0 Å². The van der Waals surface area contributed by atoms with Crippen LogP contribution in [0.3, 0.4) is 0 Å². The summed E-state index contributed by atoms with van der Waals surface area (Å²) in [6, 6.07) is 10.2. The third-order valence-electron chi connectivity index (χ3n) is 3.39. The molecular weight excluding hydrogens is 296 g/mol. The van der Waals surface area contributed by atoms with E-state index in [1.165, 1.54) is 13.2 Å². The average Bonchev–Trinajstić information content (AvgIpc) is 2.59. The lowest BCUT2D eigenvalue weighted by Gasteiger charge is -2.06. The van der Waals surface area contributed by atoms with E-state index in [0.29, 0.717) is 23.3 Å². The van der Waals surface area contributed by atoms with Crippen LogP contribution in [0.1, 0.15) is 15.9 Å². The van der Waals surface area contributed by atoms with Crippen molar-refractivity contribution in [1.82, 2.24) is 10.3 Å². The van der Waals surface area contributed by atoms with Gasteiger partial charge < -0.3 is 14.5 Å². The summed E-state index contributed by atoms with van der Waals surface area (Å²) >= 11 is 0. The molecule has 0 aliphatic heterocycles. The van der Waals surface area contributed by atoms with E-state index in [0.717, 1.165) is 5.56 Å². The molecule has 23 heavy (non-hydrogen) atoms. The summed E-state index contributed by atoms with van der Waals surface area (Å²) < 4.78 is 10.3. The Morgan fingerprint density at radius 1 is 1.22 bits per heavy atom. The SMILES string of the molecule is COc1ccc2cc(C(=O)NCc3ccncc3)c(=O)oc2c1. The maximum absolute atomic E-state index is 12.2. The van der Waals surface area contributed by atoms with E-state index in [4.69, 9.17) is 9.15 Å². The number of hydrogen-bond acceptors (Lipinski definition) is 5. The van der Waals surface area contributed by atoms with E-state index in [9.17, 15) is 9.59 Å². The second kappa shape index (κ2) is 6.31. The Hall–Kier alpha value is -3.15. The zero-order valence-electron chi connectivity index (χ0n) is 12.4. The first kappa shape index (κ1) is 14.8. The van der Waals surface area contributed by atoms with E-state index in [2.05, 4.69) is 10.3 Å². The van der Waals surface area contributed by atoms with Gasteiger partial charge in [0.15, 0.2) is 0 Å². The van der Waals surface area contributed by atoms with Crippen LogP contribution in [-0.4, -0.2) is 18.0 Å². The number of amides is 1. The standard InChI is InChI=1S/C17H14N2O4/c1-22-13-3-2-12-8-14(17(21)23-15(12)9-13)16(20)19-10-11-4-6-18-7-5-11/h2-9H,10H2,1H3,(H,19,20). The number of ether oxygens (including phenoxy) is 1. The number of carbonyl (C=O) groups is 1. The van der Waals surface area contributed by atoms with Crippen molar-refractivity contribution in [3.8, 4) is 5.75 Å². The fourth-order valence-corrected chi connectivity index (χ4v) is 2.16. The van der Waals surface area contributed by atoms with Crippen LogP contribution < -0.4 is 15.7 Å². The number of pyridine rings is 1. The van der Waals surface area contributed by atoms with Crippen LogP contribution in [0.25, 0.3) is 11.0 Å². The highest BCUT2D eigenvalue weighted by molar-refractivity contribution is 5.96. The Kier molecular flexibility index (Phi) is 4.05. The predicted molar refractivity (Wildman–Crippen MR) is 84.4 cm³/mol. The van der Waals surface area contributed by atoms with Crippen molar-refractivity contribution in [2.75, 3.05) is 7.11 Å². The van der Waals surface area contributed by atoms with Gasteiger partial charge in [-0.1, -0.05) is 0 Å². The van der Waals surface area contributed by atoms with Crippen molar-refractivity contribution in [3.63, 3.8) is 0 Å². The van der Waals surface area contributed by atoms with E-state index in [1.54, 1.807) is 42.7 Å². The lowest BCUT2D eigenvalue weighted by molar-refractivity contribution is 0.0947. The van der Waals surface area contributed by atoms with Gasteiger partial charge in [-0.15, -0.1) is 0 Å². The van der Waals surface area contributed by atoms with Crippen LogP contribution in [0.4, 0.5) is 0 Å². The molecule has 0 saturated heterocycles. The van der Waals surface area contributed by atoms with E-state index >= 15 is 0 Å². The fourth-order valence-electron chi connectivity index (χ4n) is 2.16. The first-order valence-electron chi connectivity index (χ1n) is 6.96. The van der Waals surface area contributed by atoms with Gasteiger partial charge in [0.2, 0.25) is 0 Å². The maximum atomic E-state index is 12.2. The van der Waals surface area contributed by atoms with Crippen LogP contribution in [0.2, 0.25) is 0 Å². The fraction of sp³-hybridized carbons (Fsp3) is 0.118. The highest BCUT2D eigenvalue weighted by Crippen LogP contribution is 2.20. The van der Waals surface area contributed by atoms with Gasteiger partial charge in [0.05, 0.1) is 7.11 Å². The molecule has 0 saturated carbocycles. The highest BCUT2D eigenvalue weighted by atomic mass is 16.5. The number of methoxy groups -OCH3 is 1. The van der Waals surface area contributed by atoms with Crippen molar-refractivity contribution < 1.29 is 13.9 Å². The topological polar surface area (TPSA) is 81.4 Å². The van der Waals surface area contributed by atoms with Crippen LogP contribution in [0.5, 0.6) is 5.75 Å². The van der Waals surface area contributed by atoms with E-state index < -0.39 is 11.5 Å². The molecule has 116 valence electrons. The Morgan fingerprint density at radius 2 is 2.00 bits per heavy atom. The number of benzene rings is 1. The smallest absolute Gasteiger partial charge is 0.349 e. The Morgan fingerprint density at radius 3 is 2.74 bits per heavy atom. The van der Waals surface area contributed by atoms with Gasteiger partial charge in [-0.05, 0) is 35.9 Å². The number of hydrogen-bond donors (Lipinski definition) is 1. The lowest BCUT2D eigenvalue weighted by atomic mass is 10.1. The van der Waals surface area contributed by atoms with Gasteiger partial charge in [0.1, 0.15) is 16.9 Å². The van der Waals surface area contributed by atoms with Crippen molar-refractivity contribution >= 4 is 16.9 Å². The van der Waals surface area contributed by atoms with Gasteiger partial charge in [-0.3, -0.25) is 9.78 Å². The van der Waals surface area contributed by atoms with E-state index in [1.807, 2.05) is 0 Å². The maximum Gasteiger partial charge on any atom is 0.349 e. The average molecular weight is 310 g/mol. The van der Waals surface area contributed by atoms with Gasteiger partial charge in [-0.25, -0.2) is 4.79 Å². The van der Waals surface area contributed by atoms with Gasteiger partial charge >= 0.3 is 5.63 Å². The highest BCUT2D eigenvalue weighted by Gasteiger charge is 2.13. The van der Waals surface area contributed by atoms with Gasteiger partial charge in [0, 0.05) is 30.4 Å². The summed E-state index contributed by atoms with van der Waals surface area (Å²) in [5.41, 5.74) is 0.554. The molecule has 1 aromatic carbocycles. The summed E-state index contributed by atoms with van der Waals surface area (Å²) in [5, 5.41) is 3.34. The lowest BCUT2D eigenvalue weighted by Crippen LogP contribution is -2.27. The third kappa shape index (κ3) is 3.21. The van der Waals surface area contributed by atoms with Crippen LogP contribution >= 0.6 is 0 Å². The number of nitrogens with zero attached hydrogens (tertiary/aromatic N) is 1. The summed E-state index contributed by atoms with van der Waals surface area (Å²) in [5.74, 6) is 0.101. The number of rotatable bonds is 4. The van der Waals surface area contributed by atoms with Crippen molar-refractivity contribution in [3.05, 3.63) is 70.3 Å². The number of nitrogens with one attached hydrogen (secondary N) is 1. The molecule has 0 atom stereocenters. The molecular formula is C17H14N2O4. The molecule has 0 spiro atoms. The molecule has 6 heteroatoms. The summed E-state index contributed by atoms with van der Waals surface area (Å²) in [4.78, 5) is 28.1. The molecule has 0 bridgehead atoms. The zero-order valence-corrected chi connectivity index (χ0v) is 12.4. The zero-order chi connectivity index (χ0) is 16.2. The summed E-state index contributed by atoms with van der Waals surface area (Å²) in [6.07, 6.45) is 3.28. The Bertz CT molecular complexity index is 903. The Labute approximate surface area is 131 Å². The molecule has 0 fully saturated rings. The van der Waals surface area contributed by atoms with Gasteiger partial charge in [0.25, 0.3) is 5.91 Å². The Balaban J connectivity index is 1.85. The molecule has 1 amide bonds. The predicted octanol–water partition coefficient (Wildman–Crippen LogP) is 2.13. The monoisotopic (exact) mass is 310 g/mol. The van der Waals surface area contributed by atoms with Crippen LogP contribution in [0.15, 0.2) is 58.0 Å². The van der Waals surface area contributed by atoms with Crippen molar-refractivity contribution in [1.29, 1.82) is 0 Å².